The zero-order valence-corrected chi connectivity index (χ0v) is 19.4. The van der Waals surface area contributed by atoms with Crippen molar-refractivity contribution in [3.63, 3.8) is 0 Å². The second kappa shape index (κ2) is 9.69. The van der Waals surface area contributed by atoms with E-state index < -0.39 is 0 Å². The maximum atomic E-state index is 13.3. The van der Waals surface area contributed by atoms with E-state index in [1.165, 1.54) is 0 Å². The molecule has 1 saturated carbocycles. The molecule has 0 saturated heterocycles. The van der Waals surface area contributed by atoms with Crippen LogP contribution in [0.3, 0.4) is 0 Å². The average Bonchev–Trinajstić information content (AvgIpc) is 3.55. The Morgan fingerprint density at radius 3 is 2.71 bits per heavy atom. The summed E-state index contributed by atoms with van der Waals surface area (Å²) in [5.74, 6) is -0.137. The van der Waals surface area contributed by atoms with Crippen LogP contribution in [0.2, 0.25) is 0 Å². The Balaban J connectivity index is 1.35. The van der Waals surface area contributed by atoms with E-state index in [4.69, 9.17) is 5.73 Å². The number of carbonyl (C=O) groups excluding carboxylic acids is 1. The minimum atomic E-state index is -0.137. The van der Waals surface area contributed by atoms with Crippen molar-refractivity contribution in [2.45, 2.75) is 57.7 Å². The fourth-order valence-corrected chi connectivity index (χ4v) is 4.59. The van der Waals surface area contributed by atoms with Crippen molar-refractivity contribution in [2.24, 2.45) is 5.73 Å². The molecule has 176 valence electrons. The second-order valence-electron chi connectivity index (χ2n) is 9.03. The molecule has 1 fully saturated rings. The highest BCUT2D eigenvalue weighted by Gasteiger charge is 2.23. The number of imidazole rings is 1. The summed E-state index contributed by atoms with van der Waals surface area (Å²) < 4.78 is 1.95. The molecule has 3 aromatic heterocycles. The molecule has 8 heteroatoms. The van der Waals surface area contributed by atoms with Gasteiger partial charge in [-0.25, -0.2) is 9.97 Å². The van der Waals surface area contributed by atoms with Crippen molar-refractivity contribution in [2.75, 3.05) is 5.32 Å². The quantitative estimate of drug-likeness (QED) is 0.336. The molecule has 4 aromatic rings. The topological polar surface area (TPSA) is 114 Å². The lowest BCUT2D eigenvalue weighted by Crippen LogP contribution is -2.33. The van der Waals surface area contributed by atoms with Crippen molar-refractivity contribution in [1.29, 1.82) is 0 Å². The van der Waals surface area contributed by atoms with Crippen LogP contribution in [0.15, 0.2) is 55.2 Å². The Kier molecular flexibility index (Phi) is 6.31. The van der Waals surface area contributed by atoms with Gasteiger partial charge in [-0.1, -0.05) is 19.1 Å². The lowest BCUT2D eigenvalue weighted by atomic mass is 9.91. The van der Waals surface area contributed by atoms with Gasteiger partial charge < -0.3 is 25.9 Å². The summed E-state index contributed by atoms with van der Waals surface area (Å²) in [6.07, 6.45) is 12.0. The number of carbonyl (C=O) groups is 1. The molecule has 5 rings (SSSR count). The molecule has 8 nitrogen and oxygen atoms in total. The third kappa shape index (κ3) is 4.68. The second-order valence-corrected chi connectivity index (χ2v) is 9.03. The van der Waals surface area contributed by atoms with Gasteiger partial charge in [0.25, 0.3) is 5.91 Å². The van der Waals surface area contributed by atoms with E-state index in [1.807, 2.05) is 35.0 Å². The molecule has 1 aromatic carbocycles. The van der Waals surface area contributed by atoms with E-state index in [1.54, 1.807) is 18.7 Å². The normalized spacial score (nSPS) is 18.2. The van der Waals surface area contributed by atoms with Gasteiger partial charge in [0.1, 0.15) is 5.65 Å². The van der Waals surface area contributed by atoms with Gasteiger partial charge >= 0.3 is 0 Å². The van der Waals surface area contributed by atoms with Gasteiger partial charge in [0.2, 0.25) is 0 Å². The van der Waals surface area contributed by atoms with Crippen molar-refractivity contribution in [3.8, 4) is 5.69 Å². The predicted octanol–water partition coefficient (Wildman–Crippen LogP) is 3.92. The maximum absolute atomic E-state index is 13.3. The number of nitrogens with zero attached hydrogens (tertiary/aromatic N) is 3. The first-order valence-corrected chi connectivity index (χ1v) is 12.0. The Morgan fingerprint density at radius 1 is 1.21 bits per heavy atom. The van der Waals surface area contributed by atoms with E-state index in [-0.39, 0.29) is 11.9 Å². The molecule has 1 amide bonds. The number of pyridine rings is 1. The number of benzene rings is 1. The first kappa shape index (κ1) is 22.2. The number of nitrogens with one attached hydrogen (secondary N) is 3. The lowest BCUT2D eigenvalue weighted by molar-refractivity contribution is 0.0951. The number of aromatic amines is 1. The van der Waals surface area contributed by atoms with Crippen LogP contribution in [0.5, 0.6) is 0 Å². The minimum absolute atomic E-state index is 0.137. The van der Waals surface area contributed by atoms with Crippen molar-refractivity contribution < 1.29 is 4.79 Å². The number of anilines is 1. The number of aromatic nitrogens is 4. The molecule has 3 heterocycles. The first-order valence-electron chi connectivity index (χ1n) is 12.0. The number of fused-ring (bicyclic) bond motifs is 1. The summed E-state index contributed by atoms with van der Waals surface area (Å²) in [7, 11) is 0. The fourth-order valence-electron chi connectivity index (χ4n) is 4.59. The predicted molar refractivity (Wildman–Crippen MR) is 134 cm³/mol. The van der Waals surface area contributed by atoms with Crippen LogP contribution in [-0.2, 0) is 13.0 Å². The molecule has 0 spiro atoms. The third-order valence-electron chi connectivity index (χ3n) is 6.65. The Morgan fingerprint density at radius 2 is 2.00 bits per heavy atom. The van der Waals surface area contributed by atoms with E-state index in [2.05, 4.69) is 38.6 Å². The number of aryl methyl sites for hydroxylation is 1. The molecule has 0 atom stereocenters. The van der Waals surface area contributed by atoms with E-state index >= 15 is 0 Å². The molecular weight excluding hydrogens is 426 g/mol. The fraction of sp³-hybridized carbons (Fsp3) is 0.346. The first-order chi connectivity index (χ1) is 16.6. The number of hydrogen-bond acceptors (Lipinski definition) is 5. The summed E-state index contributed by atoms with van der Waals surface area (Å²) in [5, 5.41) is 7.70. The largest absolute Gasteiger partial charge is 0.381 e. The number of hydrogen-bond donors (Lipinski definition) is 4. The van der Waals surface area contributed by atoms with Crippen molar-refractivity contribution in [3.05, 3.63) is 72.1 Å². The van der Waals surface area contributed by atoms with E-state index in [0.717, 1.165) is 65.8 Å². The average molecular weight is 458 g/mol. The van der Waals surface area contributed by atoms with Gasteiger partial charge in [0, 0.05) is 54.0 Å². The van der Waals surface area contributed by atoms with Gasteiger partial charge in [0.15, 0.2) is 0 Å². The Bertz CT molecular complexity index is 1250. The number of rotatable bonds is 7. The Hall–Kier alpha value is -3.65. The molecule has 5 N–H and O–H groups in total. The molecule has 34 heavy (non-hydrogen) atoms. The van der Waals surface area contributed by atoms with Gasteiger partial charge in [-0.05, 0) is 55.9 Å². The zero-order chi connectivity index (χ0) is 23.5. The molecular formula is C26H31N7O. The van der Waals surface area contributed by atoms with Crippen LogP contribution in [0, 0.1) is 0 Å². The van der Waals surface area contributed by atoms with Crippen LogP contribution >= 0.6 is 0 Å². The van der Waals surface area contributed by atoms with Crippen molar-refractivity contribution in [1.82, 2.24) is 24.8 Å². The molecule has 0 unspecified atom stereocenters. The van der Waals surface area contributed by atoms with Gasteiger partial charge in [-0.15, -0.1) is 0 Å². The summed E-state index contributed by atoms with van der Waals surface area (Å²) in [4.78, 5) is 25.3. The molecule has 0 aliphatic heterocycles. The van der Waals surface area contributed by atoms with Crippen molar-refractivity contribution >= 4 is 22.6 Å². The SMILES string of the molecule is CCc1cc2c(NC3CCC(N)CC3)c(C(=O)NCc3ccc(-n4ccnc4)cc3)cnc2[nH]1. The summed E-state index contributed by atoms with van der Waals surface area (Å²) in [6.45, 7) is 2.54. The third-order valence-corrected chi connectivity index (χ3v) is 6.65. The van der Waals surface area contributed by atoms with Crippen LogP contribution in [0.4, 0.5) is 5.69 Å². The summed E-state index contributed by atoms with van der Waals surface area (Å²) >= 11 is 0. The maximum Gasteiger partial charge on any atom is 0.255 e. The molecule has 0 radical (unpaired) electrons. The lowest BCUT2D eigenvalue weighted by Gasteiger charge is -2.28. The summed E-state index contributed by atoms with van der Waals surface area (Å²) in [5.41, 5.74) is 11.5. The van der Waals surface area contributed by atoms with Gasteiger partial charge in [0.05, 0.1) is 17.6 Å². The summed E-state index contributed by atoms with van der Waals surface area (Å²) in [6, 6.07) is 10.7. The smallest absolute Gasteiger partial charge is 0.255 e. The van der Waals surface area contributed by atoms with E-state index in [0.29, 0.717) is 18.2 Å². The standard InChI is InChI=1S/C26H31N7O/c1-2-19-13-22-24(31-20-7-5-18(27)6-8-20)23(15-29-25(22)32-19)26(34)30-14-17-3-9-21(10-4-17)33-12-11-28-16-33/h3-4,9-13,15-16,18,20H,2,5-8,14,27H2,1H3,(H,30,34)(H2,29,31,32). The van der Waals surface area contributed by atoms with E-state index in [9.17, 15) is 4.79 Å². The number of amides is 1. The highest BCUT2D eigenvalue weighted by Crippen LogP contribution is 2.30. The van der Waals surface area contributed by atoms with Gasteiger partial charge in [-0.2, -0.15) is 0 Å². The molecule has 0 bridgehead atoms. The van der Waals surface area contributed by atoms with Crippen LogP contribution in [-0.4, -0.2) is 37.5 Å². The highest BCUT2D eigenvalue weighted by atomic mass is 16.1. The Labute approximate surface area is 199 Å². The van der Waals surface area contributed by atoms with Crippen LogP contribution in [0.25, 0.3) is 16.7 Å². The monoisotopic (exact) mass is 457 g/mol. The van der Waals surface area contributed by atoms with Crippen LogP contribution < -0.4 is 16.4 Å². The van der Waals surface area contributed by atoms with Gasteiger partial charge in [-0.3, -0.25) is 4.79 Å². The molecule has 1 aliphatic carbocycles. The minimum Gasteiger partial charge on any atom is -0.381 e. The van der Waals surface area contributed by atoms with Crippen LogP contribution in [0.1, 0.15) is 54.2 Å². The zero-order valence-electron chi connectivity index (χ0n) is 19.4. The number of nitrogens with two attached hydrogens (primary N) is 1. The highest BCUT2D eigenvalue weighted by molar-refractivity contribution is 6.06. The number of H-pyrrole nitrogens is 1. The molecule has 1 aliphatic rings.